The van der Waals surface area contributed by atoms with Gasteiger partial charge in [0.05, 0.1) is 15.5 Å². The molecule has 0 aliphatic heterocycles. The highest BCUT2D eigenvalue weighted by atomic mass is 32.2. The molecule has 0 unspecified atom stereocenters. The number of amides is 2. The van der Waals surface area contributed by atoms with Gasteiger partial charge >= 0.3 is 0 Å². The molecule has 2 amide bonds. The maximum atomic E-state index is 14.2. The number of benzene rings is 3. The standard InChI is InChI=1S/C31H36N4O6S/c1-3-29(31(37)32-25-13-7-8-14-25)33(21-24-12-9-11-23(2)19-24)30(36)22-34(26-15-10-16-27(20-26)35(38)39)42(40,41)28-17-5-4-6-18-28/h4-6,9-12,15-20,25,29H,3,7-8,13-14,21-22H2,1-2H3,(H,32,37)/t29-/m1/s1. The summed E-state index contributed by atoms with van der Waals surface area (Å²) in [6.07, 6.45) is 4.14. The first-order valence-electron chi connectivity index (χ1n) is 14.1. The van der Waals surface area contributed by atoms with Crippen LogP contribution in [0.2, 0.25) is 0 Å². The zero-order valence-electron chi connectivity index (χ0n) is 23.8. The van der Waals surface area contributed by atoms with Crippen molar-refractivity contribution >= 4 is 33.2 Å². The van der Waals surface area contributed by atoms with E-state index >= 15 is 0 Å². The number of nitrogens with one attached hydrogen (secondary N) is 1. The number of anilines is 1. The van der Waals surface area contributed by atoms with Crippen molar-refractivity contribution in [3.05, 3.63) is 100 Å². The molecule has 3 aromatic carbocycles. The highest BCUT2D eigenvalue weighted by Crippen LogP contribution is 2.28. The zero-order chi connectivity index (χ0) is 30.3. The van der Waals surface area contributed by atoms with Crippen LogP contribution in [0.5, 0.6) is 0 Å². The Bertz CT molecular complexity index is 1520. The predicted octanol–water partition coefficient (Wildman–Crippen LogP) is 4.96. The predicted molar refractivity (Wildman–Crippen MR) is 160 cm³/mol. The first-order chi connectivity index (χ1) is 20.1. The molecule has 4 rings (SSSR count). The third kappa shape index (κ3) is 7.33. The molecule has 3 aromatic rings. The van der Waals surface area contributed by atoms with Crippen LogP contribution in [-0.2, 0) is 26.2 Å². The molecule has 0 radical (unpaired) electrons. The van der Waals surface area contributed by atoms with Crippen molar-refractivity contribution in [3.63, 3.8) is 0 Å². The molecule has 11 heteroatoms. The van der Waals surface area contributed by atoms with E-state index in [1.165, 1.54) is 35.2 Å². The summed E-state index contributed by atoms with van der Waals surface area (Å²) in [5, 5.41) is 14.6. The van der Waals surface area contributed by atoms with E-state index in [-0.39, 0.29) is 34.8 Å². The Morgan fingerprint density at radius 1 is 1.00 bits per heavy atom. The first-order valence-corrected chi connectivity index (χ1v) is 15.5. The maximum Gasteiger partial charge on any atom is 0.271 e. The number of nitrogens with zero attached hydrogens (tertiary/aromatic N) is 3. The molecule has 0 aromatic heterocycles. The number of aryl methyl sites for hydroxylation is 1. The fraction of sp³-hybridized carbons (Fsp3) is 0.355. The summed E-state index contributed by atoms with van der Waals surface area (Å²) in [5.41, 5.74) is 1.43. The Morgan fingerprint density at radius 2 is 1.69 bits per heavy atom. The highest BCUT2D eigenvalue weighted by Gasteiger charge is 2.35. The number of sulfonamides is 1. The van der Waals surface area contributed by atoms with Gasteiger partial charge in [-0.25, -0.2) is 8.42 Å². The number of carbonyl (C=O) groups excluding carboxylic acids is 2. The Hall–Kier alpha value is -4.25. The first kappa shape index (κ1) is 30.7. The van der Waals surface area contributed by atoms with E-state index in [0.717, 1.165) is 47.2 Å². The van der Waals surface area contributed by atoms with Crippen LogP contribution in [0, 0.1) is 17.0 Å². The summed E-state index contributed by atoms with van der Waals surface area (Å²) in [7, 11) is -4.31. The average Bonchev–Trinajstić information content (AvgIpc) is 3.49. The van der Waals surface area contributed by atoms with Gasteiger partial charge in [0.15, 0.2) is 0 Å². The lowest BCUT2D eigenvalue weighted by Gasteiger charge is -2.33. The largest absolute Gasteiger partial charge is 0.352 e. The van der Waals surface area contributed by atoms with Crippen LogP contribution in [0.1, 0.15) is 50.2 Å². The molecule has 1 atom stereocenters. The second-order valence-electron chi connectivity index (χ2n) is 10.5. The number of carbonyl (C=O) groups is 2. The Kier molecular flexibility index (Phi) is 9.95. The highest BCUT2D eigenvalue weighted by molar-refractivity contribution is 7.92. The van der Waals surface area contributed by atoms with Crippen LogP contribution in [-0.4, -0.2) is 48.7 Å². The lowest BCUT2D eigenvalue weighted by atomic mass is 10.1. The van der Waals surface area contributed by atoms with Crippen LogP contribution in [0.25, 0.3) is 0 Å². The van der Waals surface area contributed by atoms with Gasteiger partial charge in [0, 0.05) is 24.7 Å². The molecule has 0 spiro atoms. The molecular formula is C31H36N4O6S. The van der Waals surface area contributed by atoms with E-state index in [1.807, 2.05) is 38.1 Å². The number of hydrogen-bond donors (Lipinski definition) is 1. The SMILES string of the molecule is CC[C@H](C(=O)NC1CCCC1)N(Cc1cccc(C)c1)C(=O)CN(c1cccc([N+](=O)[O-])c1)S(=O)(=O)c1ccccc1. The molecule has 42 heavy (non-hydrogen) atoms. The van der Waals surface area contributed by atoms with Crippen molar-refractivity contribution in [3.8, 4) is 0 Å². The summed E-state index contributed by atoms with van der Waals surface area (Å²) in [5.74, 6) is -0.880. The van der Waals surface area contributed by atoms with Crippen molar-refractivity contribution in [1.82, 2.24) is 10.2 Å². The molecule has 0 bridgehead atoms. The van der Waals surface area contributed by atoms with Crippen LogP contribution in [0.4, 0.5) is 11.4 Å². The lowest BCUT2D eigenvalue weighted by molar-refractivity contribution is -0.384. The van der Waals surface area contributed by atoms with Gasteiger partial charge in [-0.1, -0.05) is 73.9 Å². The molecule has 10 nitrogen and oxygen atoms in total. The minimum Gasteiger partial charge on any atom is -0.352 e. The molecule has 1 aliphatic carbocycles. The van der Waals surface area contributed by atoms with E-state index in [1.54, 1.807) is 18.2 Å². The third-order valence-corrected chi connectivity index (χ3v) is 9.25. The smallest absolute Gasteiger partial charge is 0.271 e. The van der Waals surface area contributed by atoms with Gasteiger partial charge in [0.2, 0.25) is 11.8 Å². The van der Waals surface area contributed by atoms with Crippen LogP contribution >= 0.6 is 0 Å². The Morgan fingerprint density at radius 3 is 2.33 bits per heavy atom. The van der Waals surface area contributed by atoms with E-state index in [0.29, 0.717) is 6.42 Å². The quantitative estimate of drug-likeness (QED) is 0.234. The van der Waals surface area contributed by atoms with Crippen molar-refractivity contribution < 1.29 is 22.9 Å². The van der Waals surface area contributed by atoms with Crippen molar-refractivity contribution in [2.75, 3.05) is 10.8 Å². The minimum atomic E-state index is -4.31. The number of rotatable bonds is 12. The molecule has 1 saturated carbocycles. The number of nitro groups is 1. The van der Waals surface area contributed by atoms with Gasteiger partial charge in [-0.05, 0) is 49.9 Å². The lowest BCUT2D eigenvalue weighted by Crippen LogP contribution is -2.53. The number of hydrogen-bond acceptors (Lipinski definition) is 6. The van der Waals surface area contributed by atoms with Crippen LogP contribution < -0.4 is 9.62 Å². The van der Waals surface area contributed by atoms with Gasteiger partial charge < -0.3 is 10.2 Å². The van der Waals surface area contributed by atoms with Gasteiger partial charge in [0.1, 0.15) is 12.6 Å². The van der Waals surface area contributed by atoms with E-state index in [2.05, 4.69) is 5.32 Å². The molecule has 1 N–H and O–H groups in total. The van der Waals surface area contributed by atoms with Gasteiger partial charge in [-0.3, -0.25) is 24.0 Å². The second kappa shape index (κ2) is 13.6. The fourth-order valence-electron chi connectivity index (χ4n) is 5.30. The van der Waals surface area contributed by atoms with E-state index in [4.69, 9.17) is 0 Å². The summed E-state index contributed by atoms with van der Waals surface area (Å²) in [4.78, 5) is 39.9. The van der Waals surface area contributed by atoms with Crippen LogP contribution in [0.3, 0.4) is 0 Å². The van der Waals surface area contributed by atoms with Crippen LogP contribution in [0.15, 0.2) is 83.8 Å². The number of nitro benzene ring substituents is 1. The molecule has 222 valence electrons. The van der Waals surface area contributed by atoms with E-state index in [9.17, 15) is 28.1 Å². The van der Waals surface area contributed by atoms with Gasteiger partial charge in [-0.2, -0.15) is 0 Å². The normalized spacial score (nSPS) is 14.2. The molecule has 1 aliphatic rings. The summed E-state index contributed by atoms with van der Waals surface area (Å²) in [6.45, 7) is 3.17. The average molecular weight is 593 g/mol. The zero-order valence-corrected chi connectivity index (χ0v) is 24.6. The topological polar surface area (TPSA) is 130 Å². The van der Waals surface area contributed by atoms with Gasteiger partial charge in [-0.15, -0.1) is 0 Å². The summed E-state index contributed by atoms with van der Waals surface area (Å²) < 4.78 is 28.6. The summed E-state index contributed by atoms with van der Waals surface area (Å²) >= 11 is 0. The minimum absolute atomic E-state index is 0.0274. The Labute approximate surface area is 246 Å². The summed E-state index contributed by atoms with van der Waals surface area (Å²) in [6, 6.07) is 19.5. The molecule has 1 fully saturated rings. The monoisotopic (exact) mass is 592 g/mol. The number of non-ortho nitro benzene ring substituents is 1. The maximum absolute atomic E-state index is 14.2. The van der Waals surface area contributed by atoms with Crippen molar-refractivity contribution in [2.45, 2.75) is 69.5 Å². The van der Waals surface area contributed by atoms with Crippen molar-refractivity contribution in [1.29, 1.82) is 0 Å². The molecule has 0 saturated heterocycles. The third-order valence-electron chi connectivity index (χ3n) is 7.46. The second-order valence-corrected chi connectivity index (χ2v) is 12.4. The van der Waals surface area contributed by atoms with E-state index < -0.39 is 33.4 Å². The molecular weight excluding hydrogens is 556 g/mol. The molecule has 0 heterocycles. The van der Waals surface area contributed by atoms with Crippen molar-refractivity contribution in [2.24, 2.45) is 0 Å². The fourth-order valence-corrected chi connectivity index (χ4v) is 6.73. The van der Waals surface area contributed by atoms with Gasteiger partial charge in [0.25, 0.3) is 15.7 Å². The Balaban J connectivity index is 1.74.